The molecule has 0 spiro atoms. The highest BCUT2D eigenvalue weighted by molar-refractivity contribution is 9.10. The van der Waals surface area contributed by atoms with Crippen LogP contribution in [0.2, 0.25) is 0 Å². The summed E-state index contributed by atoms with van der Waals surface area (Å²) in [5.41, 5.74) is 5.45. The van der Waals surface area contributed by atoms with Crippen molar-refractivity contribution < 1.29 is 18.7 Å². The van der Waals surface area contributed by atoms with Crippen LogP contribution < -0.4 is 21.6 Å². The monoisotopic (exact) mass is 476 g/mol. The maximum absolute atomic E-state index is 14.3. The molecule has 0 radical (unpaired) electrons. The number of rotatable bonds is 9. The molecule has 3 rings (SSSR count). The highest BCUT2D eigenvalue weighted by Gasteiger charge is 2.13. The van der Waals surface area contributed by atoms with Gasteiger partial charge < -0.3 is 20.5 Å². The molecule has 158 valence electrons. The Labute approximate surface area is 181 Å². The third-order valence-electron chi connectivity index (χ3n) is 4.44. The van der Waals surface area contributed by atoms with E-state index in [-0.39, 0.29) is 5.91 Å². The number of nitrogens with two attached hydrogens (primary N) is 1. The molecule has 0 aliphatic heterocycles. The number of aromatic nitrogens is 2. The zero-order valence-corrected chi connectivity index (χ0v) is 18.0. The summed E-state index contributed by atoms with van der Waals surface area (Å²) in [4.78, 5) is 19.4. The maximum atomic E-state index is 14.3. The summed E-state index contributed by atoms with van der Waals surface area (Å²) in [5, 5.41) is 4.38. The first-order valence-corrected chi connectivity index (χ1v) is 10.2. The van der Waals surface area contributed by atoms with E-state index in [9.17, 15) is 9.18 Å². The Morgan fingerprint density at radius 1 is 1.33 bits per heavy atom. The normalized spacial score (nSPS) is 12.9. The molecule has 1 amide bonds. The second-order valence-corrected chi connectivity index (χ2v) is 7.50. The van der Waals surface area contributed by atoms with E-state index in [0.717, 1.165) is 0 Å². The van der Waals surface area contributed by atoms with Crippen molar-refractivity contribution in [1.82, 2.24) is 9.97 Å². The summed E-state index contributed by atoms with van der Waals surface area (Å²) in [6.07, 6.45) is 7.28. The molecule has 0 fully saturated rings. The average molecular weight is 477 g/mol. The lowest BCUT2D eigenvalue weighted by atomic mass is 10.2. The molecule has 1 aromatic heterocycles. The van der Waals surface area contributed by atoms with Gasteiger partial charge in [-0.3, -0.25) is 4.79 Å². The third kappa shape index (κ3) is 5.56. The fourth-order valence-corrected chi connectivity index (χ4v) is 3.27. The number of anilines is 2. The van der Waals surface area contributed by atoms with E-state index in [4.69, 9.17) is 15.2 Å². The van der Waals surface area contributed by atoms with E-state index in [1.807, 2.05) is 6.08 Å². The first-order chi connectivity index (χ1) is 14.5. The lowest BCUT2D eigenvalue weighted by molar-refractivity contribution is -0.118. The van der Waals surface area contributed by atoms with Gasteiger partial charge in [0.15, 0.2) is 5.76 Å². The van der Waals surface area contributed by atoms with Crippen molar-refractivity contribution in [3.8, 4) is 0 Å². The Kier molecular flexibility index (Phi) is 7.40. The van der Waals surface area contributed by atoms with Crippen LogP contribution in [0.1, 0.15) is 25.7 Å². The third-order valence-corrected chi connectivity index (χ3v) is 4.94. The molecule has 1 aliphatic carbocycles. The summed E-state index contributed by atoms with van der Waals surface area (Å²) >= 11 is 3.25. The van der Waals surface area contributed by atoms with Gasteiger partial charge in [0.1, 0.15) is 23.7 Å². The number of allylic oxidation sites excluding steroid dienone is 2. The fourth-order valence-electron chi connectivity index (χ4n) is 2.93. The van der Waals surface area contributed by atoms with Gasteiger partial charge in [-0.25, -0.2) is 14.4 Å². The number of primary amides is 1. The molecule has 0 bridgehead atoms. The van der Waals surface area contributed by atoms with Crippen molar-refractivity contribution in [1.29, 1.82) is 0 Å². The van der Waals surface area contributed by atoms with Crippen molar-refractivity contribution in [2.75, 3.05) is 19.0 Å². The van der Waals surface area contributed by atoms with E-state index < -0.39 is 5.82 Å². The van der Waals surface area contributed by atoms with E-state index in [1.54, 1.807) is 25.3 Å². The van der Waals surface area contributed by atoms with Gasteiger partial charge in [-0.1, -0.05) is 22.0 Å². The molecule has 1 heterocycles. The quantitative estimate of drug-likeness (QED) is 0.539. The summed E-state index contributed by atoms with van der Waals surface area (Å²) in [6, 6.07) is 4.75. The van der Waals surface area contributed by atoms with Crippen LogP contribution in [0.25, 0.3) is 12.2 Å². The van der Waals surface area contributed by atoms with Crippen molar-refractivity contribution in [3.63, 3.8) is 0 Å². The largest absolute Gasteiger partial charge is 0.494 e. The predicted octanol–water partition coefficient (Wildman–Crippen LogP) is 2.62. The number of carbonyl (C=O) groups excluding carboxylic acids is 1. The Morgan fingerprint density at radius 2 is 2.17 bits per heavy atom. The molecule has 30 heavy (non-hydrogen) atoms. The van der Waals surface area contributed by atoms with Gasteiger partial charge >= 0.3 is 0 Å². The molecule has 1 aliphatic rings. The van der Waals surface area contributed by atoms with Crippen LogP contribution in [-0.4, -0.2) is 29.6 Å². The van der Waals surface area contributed by atoms with Gasteiger partial charge in [-0.2, -0.15) is 0 Å². The van der Waals surface area contributed by atoms with Crippen molar-refractivity contribution in [3.05, 3.63) is 56.9 Å². The van der Waals surface area contributed by atoms with Gasteiger partial charge in [0.2, 0.25) is 5.91 Å². The lowest BCUT2D eigenvalue weighted by Crippen LogP contribution is -2.31. The molecule has 0 saturated carbocycles. The van der Waals surface area contributed by atoms with E-state index in [0.29, 0.717) is 70.4 Å². The molecule has 0 atom stereocenters. The zero-order valence-electron chi connectivity index (χ0n) is 16.5. The SMILES string of the molecule is COC1=C(OCCCCC(N)=O)CC=c2ncnc(Nc3ccc(Br)cc3F)c2=C1. The molecule has 3 N–H and O–H groups in total. The lowest BCUT2D eigenvalue weighted by Gasteiger charge is -2.11. The van der Waals surface area contributed by atoms with Crippen LogP contribution in [0.4, 0.5) is 15.9 Å². The van der Waals surface area contributed by atoms with E-state index in [1.165, 1.54) is 12.4 Å². The first kappa shape index (κ1) is 21.8. The fraction of sp³-hybridized carbons (Fsp3) is 0.286. The van der Waals surface area contributed by atoms with Crippen LogP contribution in [0.3, 0.4) is 0 Å². The summed E-state index contributed by atoms with van der Waals surface area (Å²) in [6.45, 7) is 0.439. The molecule has 9 heteroatoms. The zero-order chi connectivity index (χ0) is 21.5. The Balaban J connectivity index is 1.86. The van der Waals surface area contributed by atoms with Crippen LogP contribution in [0.5, 0.6) is 0 Å². The number of hydrogen-bond donors (Lipinski definition) is 2. The maximum Gasteiger partial charge on any atom is 0.217 e. The minimum Gasteiger partial charge on any atom is -0.494 e. The molecule has 0 unspecified atom stereocenters. The number of benzene rings is 1. The van der Waals surface area contributed by atoms with E-state index >= 15 is 0 Å². The predicted molar refractivity (Wildman–Crippen MR) is 115 cm³/mol. The standard InChI is InChI=1S/C21H22BrFN4O3/c1-29-19-11-14-16(7-8-18(19)30-9-3-2-4-20(24)28)25-12-26-21(14)27-17-6-5-13(22)10-15(17)23/h5-7,10-12H,2-4,8-9H2,1H3,(H2,24,28)(H,25,26,27). The van der Waals surface area contributed by atoms with Gasteiger partial charge in [-0.05, 0) is 37.1 Å². The number of carbonyl (C=O) groups is 1. The van der Waals surface area contributed by atoms with Gasteiger partial charge in [-0.15, -0.1) is 0 Å². The van der Waals surface area contributed by atoms with Gasteiger partial charge in [0.25, 0.3) is 0 Å². The van der Waals surface area contributed by atoms with E-state index in [2.05, 4.69) is 31.2 Å². The summed E-state index contributed by atoms with van der Waals surface area (Å²) in [5.74, 6) is 0.912. The molecule has 1 aromatic carbocycles. The highest BCUT2D eigenvalue weighted by Crippen LogP contribution is 2.22. The van der Waals surface area contributed by atoms with Crippen LogP contribution in [0.15, 0.2) is 40.5 Å². The number of methoxy groups -OCH3 is 1. The van der Waals surface area contributed by atoms with Crippen molar-refractivity contribution >= 4 is 45.5 Å². The summed E-state index contributed by atoms with van der Waals surface area (Å²) < 4.78 is 26.3. The van der Waals surface area contributed by atoms with Gasteiger partial charge in [0.05, 0.1) is 24.8 Å². The topological polar surface area (TPSA) is 99.4 Å². The van der Waals surface area contributed by atoms with Gasteiger partial charge in [0, 0.05) is 22.5 Å². The highest BCUT2D eigenvalue weighted by atomic mass is 79.9. The number of amides is 1. The number of hydrogen-bond acceptors (Lipinski definition) is 6. The average Bonchev–Trinajstić information content (AvgIpc) is 2.89. The Bertz CT molecular complexity index is 1090. The minimum absolute atomic E-state index is 0.297. The number of fused-ring (bicyclic) bond motifs is 1. The van der Waals surface area contributed by atoms with Crippen LogP contribution in [0, 0.1) is 5.82 Å². The smallest absolute Gasteiger partial charge is 0.217 e. The summed E-state index contributed by atoms with van der Waals surface area (Å²) in [7, 11) is 1.55. The minimum atomic E-state index is -0.406. The Morgan fingerprint density at radius 3 is 2.90 bits per heavy atom. The number of unbranched alkanes of at least 4 members (excludes halogenated alkanes) is 1. The number of nitrogens with one attached hydrogen (secondary N) is 1. The molecule has 0 saturated heterocycles. The van der Waals surface area contributed by atoms with Crippen LogP contribution >= 0.6 is 15.9 Å². The number of halogens is 2. The van der Waals surface area contributed by atoms with Crippen LogP contribution in [-0.2, 0) is 14.3 Å². The molecule has 7 nitrogen and oxygen atoms in total. The second-order valence-electron chi connectivity index (χ2n) is 6.59. The first-order valence-electron chi connectivity index (χ1n) is 9.41. The number of nitrogens with zero attached hydrogens (tertiary/aromatic N) is 2. The number of ether oxygens (including phenoxy) is 2. The molecule has 2 aromatic rings. The van der Waals surface area contributed by atoms with Crippen molar-refractivity contribution in [2.24, 2.45) is 5.73 Å². The molecular formula is C21H22BrFN4O3. The molecular weight excluding hydrogens is 455 g/mol. The van der Waals surface area contributed by atoms with Crippen molar-refractivity contribution in [2.45, 2.75) is 25.7 Å². The second kappa shape index (κ2) is 10.2. The Hall–Kier alpha value is -2.94.